The predicted octanol–water partition coefficient (Wildman–Crippen LogP) is 6.05. The highest BCUT2D eigenvalue weighted by Crippen LogP contribution is 2.43. The molecule has 0 fully saturated rings. The predicted molar refractivity (Wildman–Crippen MR) is 113 cm³/mol. The first kappa shape index (κ1) is 17.9. The maximum atomic E-state index is 13.4. The molecule has 0 heterocycles. The maximum absolute atomic E-state index is 13.4. The fraction of sp³-hybridized carbons (Fsp3) is 0. The van der Waals surface area contributed by atoms with Crippen molar-refractivity contribution in [3.63, 3.8) is 0 Å². The van der Waals surface area contributed by atoms with E-state index < -0.39 is 0 Å². The van der Waals surface area contributed by atoms with Gasteiger partial charge in [0.25, 0.3) is 0 Å². The average molecular weight is 392 g/mol. The van der Waals surface area contributed by atoms with Gasteiger partial charge in [0.15, 0.2) is 23.1 Å². The molecule has 0 spiro atoms. The number of fused-ring (bicyclic) bond motifs is 2. The number of hydrogen-bond acceptors (Lipinski definition) is 4. The van der Waals surface area contributed by atoms with Crippen molar-refractivity contribution in [3.8, 4) is 23.0 Å². The molecule has 0 saturated carbocycles. The van der Waals surface area contributed by atoms with E-state index in [1.165, 1.54) is 0 Å². The molecule has 0 radical (unpaired) electrons. The Hall–Kier alpha value is -4.18. The Bertz CT molecular complexity index is 1260. The SMILES string of the molecule is O=C1c2ccccc2C(=O)c2c1ccc(Oc1ccccc1)c2Oc1ccccc1. The minimum atomic E-state index is -0.260. The summed E-state index contributed by atoms with van der Waals surface area (Å²) >= 11 is 0. The van der Waals surface area contributed by atoms with Crippen LogP contribution >= 0.6 is 0 Å². The molecule has 5 rings (SSSR count). The molecule has 4 heteroatoms. The van der Waals surface area contributed by atoms with Gasteiger partial charge in [0, 0.05) is 16.7 Å². The van der Waals surface area contributed by atoms with Crippen LogP contribution in [0, 0.1) is 0 Å². The number of benzene rings is 4. The van der Waals surface area contributed by atoms with E-state index in [1.807, 2.05) is 48.5 Å². The van der Waals surface area contributed by atoms with Crippen molar-refractivity contribution in [1.82, 2.24) is 0 Å². The zero-order valence-corrected chi connectivity index (χ0v) is 15.9. The van der Waals surface area contributed by atoms with Gasteiger partial charge in [-0.15, -0.1) is 0 Å². The number of carbonyl (C=O) groups excluding carboxylic acids is 2. The van der Waals surface area contributed by atoms with Gasteiger partial charge in [-0.05, 0) is 36.4 Å². The lowest BCUT2D eigenvalue weighted by Crippen LogP contribution is -2.21. The summed E-state index contributed by atoms with van der Waals surface area (Å²) in [7, 11) is 0. The standard InChI is InChI=1S/C26H16O4/c27-24-19-13-7-8-14-20(19)25(28)23-21(24)15-16-22(29-17-9-3-1-4-10-17)26(23)30-18-11-5-2-6-12-18/h1-16H. The monoisotopic (exact) mass is 392 g/mol. The van der Waals surface area contributed by atoms with Gasteiger partial charge >= 0.3 is 0 Å². The van der Waals surface area contributed by atoms with Crippen LogP contribution in [0.1, 0.15) is 31.8 Å². The lowest BCUT2D eigenvalue weighted by atomic mass is 9.83. The molecule has 4 aromatic rings. The lowest BCUT2D eigenvalue weighted by Gasteiger charge is -2.22. The van der Waals surface area contributed by atoms with Crippen LogP contribution in [0.15, 0.2) is 97.1 Å². The van der Waals surface area contributed by atoms with Crippen LogP contribution in [0.2, 0.25) is 0 Å². The minimum Gasteiger partial charge on any atom is -0.453 e. The molecule has 0 aliphatic heterocycles. The first-order valence-electron chi connectivity index (χ1n) is 9.53. The third kappa shape index (κ3) is 3.05. The van der Waals surface area contributed by atoms with Crippen molar-refractivity contribution in [2.24, 2.45) is 0 Å². The van der Waals surface area contributed by atoms with E-state index >= 15 is 0 Å². The zero-order valence-electron chi connectivity index (χ0n) is 15.9. The summed E-state index contributed by atoms with van der Waals surface area (Å²) in [6, 6.07) is 28.5. The van der Waals surface area contributed by atoms with Gasteiger partial charge in [0.2, 0.25) is 0 Å². The van der Waals surface area contributed by atoms with Crippen LogP contribution in [-0.4, -0.2) is 11.6 Å². The summed E-state index contributed by atoms with van der Waals surface area (Å²) in [6.07, 6.45) is 0. The molecule has 144 valence electrons. The Kier molecular flexibility index (Phi) is 4.37. The van der Waals surface area contributed by atoms with E-state index in [2.05, 4.69) is 0 Å². The molecule has 1 aliphatic rings. The van der Waals surface area contributed by atoms with Crippen LogP contribution in [0.4, 0.5) is 0 Å². The van der Waals surface area contributed by atoms with E-state index in [9.17, 15) is 9.59 Å². The van der Waals surface area contributed by atoms with Gasteiger partial charge in [0.05, 0.1) is 5.56 Å². The second-order valence-electron chi connectivity index (χ2n) is 6.85. The van der Waals surface area contributed by atoms with Crippen molar-refractivity contribution in [3.05, 3.63) is 119 Å². The summed E-state index contributed by atoms with van der Waals surface area (Å²) in [6.45, 7) is 0. The molecule has 0 atom stereocenters. The first-order chi connectivity index (χ1) is 14.7. The van der Waals surface area contributed by atoms with Crippen molar-refractivity contribution in [2.45, 2.75) is 0 Å². The highest BCUT2D eigenvalue weighted by molar-refractivity contribution is 6.29. The van der Waals surface area contributed by atoms with Gasteiger partial charge in [-0.1, -0.05) is 60.7 Å². The number of hydrogen-bond donors (Lipinski definition) is 0. The van der Waals surface area contributed by atoms with Crippen LogP contribution in [-0.2, 0) is 0 Å². The third-order valence-electron chi connectivity index (χ3n) is 4.94. The molecular weight excluding hydrogens is 376 g/mol. The largest absolute Gasteiger partial charge is 0.453 e. The van der Waals surface area contributed by atoms with E-state index in [-0.39, 0.29) is 22.9 Å². The van der Waals surface area contributed by atoms with Crippen molar-refractivity contribution >= 4 is 11.6 Å². The van der Waals surface area contributed by atoms with Gasteiger partial charge in [-0.2, -0.15) is 0 Å². The van der Waals surface area contributed by atoms with Crippen LogP contribution in [0.5, 0.6) is 23.0 Å². The van der Waals surface area contributed by atoms with E-state index in [4.69, 9.17) is 9.47 Å². The molecule has 30 heavy (non-hydrogen) atoms. The summed E-state index contributed by atoms with van der Waals surface area (Å²) in [5.74, 6) is 1.28. The molecule has 0 amide bonds. The normalized spacial score (nSPS) is 12.1. The van der Waals surface area contributed by atoms with Gasteiger partial charge in [0.1, 0.15) is 11.5 Å². The molecule has 4 aromatic carbocycles. The molecule has 0 saturated heterocycles. The number of para-hydroxylation sites is 2. The third-order valence-corrected chi connectivity index (χ3v) is 4.94. The van der Waals surface area contributed by atoms with Crippen LogP contribution < -0.4 is 9.47 Å². The van der Waals surface area contributed by atoms with Crippen LogP contribution in [0.25, 0.3) is 0 Å². The van der Waals surface area contributed by atoms with Gasteiger partial charge in [-0.25, -0.2) is 0 Å². The summed E-state index contributed by atoms with van der Waals surface area (Å²) < 4.78 is 12.1. The second-order valence-corrected chi connectivity index (χ2v) is 6.85. The van der Waals surface area contributed by atoms with Crippen molar-refractivity contribution < 1.29 is 19.1 Å². The maximum Gasteiger partial charge on any atom is 0.198 e. The quantitative estimate of drug-likeness (QED) is 0.374. The number of carbonyl (C=O) groups is 2. The second kappa shape index (κ2) is 7.33. The fourth-order valence-corrected chi connectivity index (χ4v) is 3.54. The van der Waals surface area contributed by atoms with Crippen LogP contribution in [0.3, 0.4) is 0 Å². The Labute approximate surface area is 173 Å². The minimum absolute atomic E-state index is 0.204. The van der Waals surface area contributed by atoms with Crippen molar-refractivity contribution in [2.75, 3.05) is 0 Å². The lowest BCUT2D eigenvalue weighted by molar-refractivity contribution is 0.0976. The number of ether oxygens (including phenoxy) is 2. The first-order valence-corrected chi connectivity index (χ1v) is 9.53. The molecule has 0 unspecified atom stereocenters. The number of ketones is 2. The number of rotatable bonds is 4. The van der Waals surface area contributed by atoms with E-state index in [1.54, 1.807) is 48.5 Å². The van der Waals surface area contributed by atoms with Gasteiger partial charge in [-0.3, -0.25) is 9.59 Å². The Morgan fingerprint density at radius 3 is 1.63 bits per heavy atom. The summed E-state index contributed by atoms with van der Waals surface area (Å²) in [5, 5.41) is 0. The van der Waals surface area contributed by atoms with Crippen molar-refractivity contribution in [1.29, 1.82) is 0 Å². The van der Waals surface area contributed by atoms with E-state index in [0.717, 1.165) is 0 Å². The molecule has 4 nitrogen and oxygen atoms in total. The molecule has 1 aliphatic carbocycles. The summed E-state index contributed by atoms with van der Waals surface area (Å²) in [4.78, 5) is 26.5. The highest BCUT2D eigenvalue weighted by Gasteiger charge is 2.34. The van der Waals surface area contributed by atoms with E-state index in [0.29, 0.717) is 33.9 Å². The highest BCUT2D eigenvalue weighted by atomic mass is 16.5. The molecule has 0 N–H and O–H groups in total. The average Bonchev–Trinajstić information content (AvgIpc) is 2.80. The summed E-state index contributed by atoms with van der Waals surface area (Å²) in [5.41, 5.74) is 1.29. The Morgan fingerprint density at radius 1 is 0.467 bits per heavy atom. The Morgan fingerprint density at radius 2 is 1.00 bits per heavy atom. The molecular formula is C26H16O4. The molecule has 0 bridgehead atoms. The fourth-order valence-electron chi connectivity index (χ4n) is 3.54. The smallest absolute Gasteiger partial charge is 0.198 e. The topological polar surface area (TPSA) is 52.6 Å². The molecule has 0 aromatic heterocycles. The van der Waals surface area contributed by atoms with Gasteiger partial charge < -0.3 is 9.47 Å². The zero-order chi connectivity index (χ0) is 20.5. The Balaban J connectivity index is 1.70.